The highest BCUT2D eigenvalue weighted by Crippen LogP contribution is 2.24. The number of hydrogen-bond acceptors (Lipinski definition) is 6. The highest BCUT2D eigenvalue weighted by molar-refractivity contribution is 6.32. The molecule has 9 nitrogen and oxygen atoms in total. The quantitative estimate of drug-likeness (QED) is 0.125. The van der Waals surface area contributed by atoms with E-state index in [0.29, 0.717) is 10.9 Å². The van der Waals surface area contributed by atoms with Crippen LogP contribution in [0.15, 0.2) is 54.6 Å². The van der Waals surface area contributed by atoms with Gasteiger partial charge in [0.2, 0.25) is 11.8 Å². The van der Waals surface area contributed by atoms with Crippen LogP contribution in [0.5, 0.6) is 5.75 Å². The Morgan fingerprint density at radius 3 is 2.25 bits per heavy atom. The van der Waals surface area contributed by atoms with Gasteiger partial charge in [-0.05, 0) is 106 Å². The number of halogens is 1. The van der Waals surface area contributed by atoms with Gasteiger partial charge in [0, 0.05) is 6.54 Å². The number of hydrogen-bond donors (Lipinski definition) is 3. The van der Waals surface area contributed by atoms with Gasteiger partial charge < -0.3 is 25.2 Å². The normalized spacial score (nSPS) is 12.6. The Bertz CT molecular complexity index is 1430. The van der Waals surface area contributed by atoms with Gasteiger partial charge in [0.15, 0.2) is 6.10 Å². The molecule has 0 spiro atoms. The molecule has 0 aromatic heterocycles. The highest BCUT2D eigenvalue weighted by Gasteiger charge is 2.34. The van der Waals surface area contributed by atoms with E-state index in [0.717, 1.165) is 24.2 Å². The van der Waals surface area contributed by atoms with Gasteiger partial charge in [-0.15, -0.1) is 0 Å². The van der Waals surface area contributed by atoms with Gasteiger partial charge in [0.05, 0.1) is 24.1 Å². The van der Waals surface area contributed by atoms with E-state index < -0.39 is 29.4 Å². The first kappa shape index (κ1) is 41.9. The zero-order valence-electron chi connectivity index (χ0n) is 29.8. The van der Waals surface area contributed by atoms with Crippen molar-refractivity contribution >= 4 is 41.4 Å². The summed E-state index contributed by atoms with van der Waals surface area (Å²) in [7, 11) is 1.61. The second-order valence-corrected chi connectivity index (χ2v) is 13.4. The van der Waals surface area contributed by atoms with Crippen LogP contribution in [0, 0.1) is 38.0 Å². The van der Waals surface area contributed by atoms with Crippen LogP contribution < -0.4 is 15.4 Å². The summed E-state index contributed by atoms with van der Waals surface area (Å²) in [5.74, 6) is -1.64. The molecule has 2 unspecified atom stereocenters. The van der Waals surface area contributed by atoms with Gasteiger partial charge in [0.1, 0.15) is 5.75 Å². The van der Waals surface area contributed by atoms with E-state index in [1.807, 2.05) is 39.0 Å². The van der Waals surface area contributed by atoms with Gasteiger partial charge in [-0.3, -0.25) is 14.4 Å². The fourth-order valence-electron chi connectivity index (χ4n) is 4.16. The van der Waals surface area contributed by atoms with E-state index >= 15 is 0 Å². The van der Waals surface area contributed by atoms with Crippen LogP contribution in [0.3, 0.4) is 0 Å². The molecule has 0 radical (unpaired) electrons. The Balaban J connectivity index is 0.000000975. The number of nitrogens with one attached hydrogen (secondary N) is 2. The third-order valence-electron chi connectivity index (χ3n) is 7.43. The lowest BCUT2D eigenvalue weighted by Gasteiger charge is -2.25. The van der Waals surface area contributed by atoms with Gasteiger partial charge >= 0.3 is 11.9 Å². The first-order chi connectivity index (χ1) is 22.4. The number of aliphatic carboxylic acids is 1. The number of carbonyl (C=O) groups is 4. The minimum Gasteiger partial charge on any atom is -0.495 e. The summed E-state index contributed by atoms with van der Waals surface area (Å²) in [6, 6.07) is 12.1. The molecular formula is C38H53ClN2O7. The molecule has 2 aromatic rings. The van der Waals surface area contributed by atoms with Crippen LogP contribution in [0.25, 0.3) is 6.08 Å². The number of carboxylic acid groups (broad SMARTS) is 1. The van der Waals surface area contributed by atoms with Gasteiger partial charge in [-0.1, -0.05) is 74.9 Å². The number of carboxylic acids is 1. The van der Waals surface area contributed by atoms with E-state index in [1.54, 1.807) is 27.0 Å². The molecule has 264 valence electrons. The molecule has 0 saturated carbocycles. The van der Waals surface area contributed by atoms with Crippen molar-refractivity contribution in [2.45, 2.75) is 80.8 Å². The third-order valence-corrected chi connectivity index (χ3v) is 7.72. The van der Waals surface area contributed by atoms with Crippen LogP contribution in [0.4, 0.5) is 0 Å². The first-order valence-corrected chi connectivity index (χ1v) is 16.5. The second kappa shape index (κ2) is 21.0. The number of esters is 1. The van der Waals surface area contributed by atoms with E-state index in [2.05, 4.69) is 61.8 Å². The van der Waals surface area contributed by atoms with Crippen molar-refractivity contribution in [2.24, 2.45) is 17.3 Å². The number of benzene rings is 2. The Hall–Kier alpha value is -4.11. The number of ether oxygens (including phenoxy) is 2. The Morgan fingerprint density at radius 1 is 0.979 bits per heavy atom. The molecule has 2 amide bonds. The average Bonchev–Trinajstić information content (AvgIpc) is 3.01. The molecule has 0 aliphatic heterocycles. The molecule has 2 atom stereocenters. The maximum atomic E-state index is 12.5. The molecule has 0 aliphatic carbocycles. The molecule has 48 heavy (non-hydrogen) atoms. The van der Waals surface area contributed by atoms with Crippen molar-refractivity contribution in [1.29, 1.82) is 0 Å². The molecule has 0 aliphatic rings. The van der Waals surface area contributed by atoms with E-state index in [4.69, 9.17) is 21.1 Å². The van der Waals surface area contributed by atoms with E-state index in [1.165, 1.54) is 22.8 Å². The van der Waals surface area contributed by atoms with Crippen LogP contribution in [0.2, 0.25) is 5.02 Å². The maximum Gasteiger partial charge on any atom is 0.345 e. The fraction of sp³-hybridized carbons (Fsp3) is 0.474. The minimum absolute atomic E-state index is 0.0399. The van der Waals surface area contributed by atoms with Crippen LogP contribution in [-0.4, -0.2) is 55.2 Å². The van der Waals surface area contributed by atoms with Crippen molar-refractivity contribution in [2.75, 3.05) is 20.2 Å². The number of amides is 2. The lowest BCUT2D eigenvalue weighted by molar-refractivity contribution is -0.171. The van der Waals surface area contributed by atoms with Crippen molar-refractivity contribution in [3.63, 3.8) is 0 Å². The molecule has 0 bridgehead atoms. The molecule has 0 fully saturated rings. The second-order valence-electron chi connectivity index (χ2n) is 13.0. The van der Waals surface area contributed by atoms with Crippen LogP contribution in [0.1, 0.15) is 76.1 Å². The number of methoxy groups -OCH3 is 1. The molecule has 2 rings (SSSR count). The molecule has 10 heteroatoms. The SMILES string of the molecule is COc1ccc(C)cc1Cl.Cc1ccc(/C=C/C(C)CC/C=C/C(=O)NCC(=O)NCC(C)(C)C(=O)OC(CC(C)C)C(=O)O)cc1C. The fourth-order valence-corrected chi connectivity index (χ4v) is 4.47. The Labute approximate surface area is 291 Å². The van der Waals surface area contributed by atoms with E-state index in [9.17, 15) is 24.3 Å². The van der Waals surface area contributed by atoms with Crippen molar-refractivity contribution in [1.82, 2.24) is 10.6 Å². The zero-order chi connectivity index (χ0) is 36.4. The number of carbonyl (C=O) groups excluding carboxylic acids is 3. The summed E-state index contributed by atoms with van der Waals surface area (Å²) in [6.45, 7) is 14.8. The standard InChI is InChI=1S/C30H44N2O6.C8H9ClO/c1-20(2)16-25(28(35)36)38-29(37)30(6,7)19-32-27(34)18-31-26(33)11-9-8-10-21(3)12-14-24-15-13-22(4)23(5)17-24;1-6-3-4-8(10-2)7(9)5-6/h9,11-15,17,20-21,25H,8,10,16,18-19H2,1-7H3,(H,31,33)(H,32,34)(H,35,36);3-5H,1-2H3/b11-9+,14-12+;. The maximum absolute atomic E-state index is 12.5. The first-order valence-electron chi connectivity index (χ1n) is 16.2. The van der Waals surface area contributed by atoms with Crippen LogP contribution >= 0.6 is 11.6 Å². The number of allylic oxidation sites excluding steroid dienone is 2. The predicted octanol–water partition coefficient (Wildman–Crippen LogP) is 7.25. The summed E-state index contributed by atoms with van der Waals surface area (Å²) in [6.07, 6.45) is 8.04. The lowest BCUT2D eigenvalue weighted by atomic mass is 9.93. The summed E-state index contributed by atoms with van der Waals surface area (Å²) >= 11 is 5.80. The predicted molar refractivity (Wildman–Crippen MR) is 192 cm³/mol. The summed E-state index contributed by atoms with van der Waals surface area (Å²) in [5.41, 5.74) is 3.72. The topological polar surface area (TPSA) is 131 Å². The van der Waals surface area contributed by atoms with Crippen LogP contribution in [-0.2, 0) is 23.9 Å². The Kier molecular flexibility index (Phi) is 18.3. The van der Waals surface area contributed by atoms with Crippen molar-refractivity contribution in [3.05, 3.63) is 81.9 Å². The Morgan fingerprint density at radius 2 is 1.67 bits per heavy atom. The summed E-state index contributed by atoms with van der Waals surface area (Å²) < 4.78 is 10.1. The van der Waals surface area contributed by atoms with Crippen molar-refractivity contribution < 1.29 is 33.8 Å². The lowest BCUT2D eigenvalue weighted by Crippen LogP contribution is -2.45. The monoisotopic (exact) mass is 684 g/mol. The third kappa shape index (κ3) is 16.6. The highest BCUT2D eigenvalue weighted by atomic mass is 35.5. The van der Waals surface area contributed by atoms with Gasteiger partial charge in [0.25, 0.3) is 0 Å². The summed E-state index contributed by atoms with van der Waals surface area (Å²) in [5, 5.41) is 15.0. The number of rotatable bonds is 16. The molecular weight excluding hydrogens is 632 g/mol. The van der Waals surface area contributed by atoms with E-state index in [-0.39, 0.29) is 31.3 Å². The molecule has 2 aromatic carbocycles. The molecule has 3 N–H and O–H groups in total. The zero-order valence-corrected chi connectivity index (χ0v) is 30.6. The molecule has 0 heterocycles. The summed E-state index contributed by atoms with van der Waals surface area (Å²) in [4.78, 5) is 48.0. The van der Waals surface area contributed by atoms with Gasteiger partial charge in [-0.25, -0.2) is 4.79 Å². The largest absolute Gasteiger partial charge is 0.495 e. The smallest absolute Gasteiger partial charge is 0.345 e. The van der Waals surface area contributed by atoms with Crippen molar-refractivity contribution in [3.8, 4) is 5.75 Å². The molecule has 0 saturated heterocycles. The average molecular weight is 685 g/mol. The minimum atomic E-state index is -1.24. The van der Waals surface area contributed by atoms with Gasteiger partial charge in [-0.2, -0.15) is 0 Å². The number of aryl methyl sites for hydroxylation is 3.